The SMILES string of the molecule is CC(C)CN1C(=O)CC(C)[C@H]1C(=O)O. The van der Waals surface area contributed by atoms with Crippen LogP contribution in [-0.2, 0) is 9.59 Å². The molecular weight excluding hydrogens is 182 g/mol. The molecule has 1 unspecified atom stereocenters. The van der Waals surface area contributed by atoms with Crippen molar-refractivity contribution in [3.63, 3.8) is 0 Å². The highest BCUT2D eigenvalue weighted by atomic mass is 16.4. The minimum atomic E-state index is -0.885. The van der Waals surface area contributed by atoms with E-state index in [4.69, 9.17) is 5.11 Å². The molecule has 1 N–H and O–H groups in total. The van der Waals surface area contributed by atoms with Gasteiger partial charge in [-0.25, -0.2) is 4.79 Å². The third kappa shape index (κ3) is 2.05. The number of hydrogen-bond donors (Lipinski definition) is 1. The lowest BCUT2D eigenvalue weighted by atomic mass is 10.0. The van der Waals surface area contributed by atoms with Crippen LogP contribution in [0.2, 0.25) is 0 Å². The summed E-state index contributed by atoms with van der Waals surface area (Å²) in [6.45, 7) is 6.32. The van der Waals surface area contributed by atoms with Gasteiger partial charge in [0.05, 0.1) is 0 Å². The van der Waals surface area contributed by atoms with Crippen molar-refractivity contribution in [2.45, 2.75) is 33.2 Å². The quantitative estimate of drug-likeness (QED) is 0.736. The molecule has 2 atom stereocenters. The Hall–Kier alpha value is -1.06. The molecule has 1 saturated heterocycles. The largest absolute Gasteiger partial charge is 0.480 e. The van der Waals surface area contributed by atoms with Crippen molar-refractivity contribution in [1.29, 1.82) is 0 Å². The predicted molar refractivity (Wildman–Crippen MR) is 51.8 cm³/mol. The zero-order chi connectivity index (χ0) is 10.9. The Bertz CT molecular complexity index is 250. The van der Waals surface area contributed by atoms with Gasteiger partial charge < -0.3 is 10.0 Å². The van der Waals surface area contributed by atoms with Crippen molar-refractivity contribution in [3.05, 3.63) is 0 Å². The van der Waals surface area contributed by atoms with Crippen molar-refractivity contribution < 1.29 is 14.7 Å². The van der Waals surface area contributed by atoms with Gasteiger partial charge in [-0.15, -0.1) is 0 Å². The fourth-order valence-electron chi connectivity index (χ4n) is 1.95. The number of likely N-dealkylation sites (tertiary alicyclic amines) is 1. The standard InChI is InChI=1S/C10H17NO3/c1-6(2)5-11-8(12)4-7(3)9(11)10(13)14/h6-7,9H,4-5H2,1-3H3,(H,13,14)/t7?,9-/m0/s1. The summed E-state index contributed by atoms with van der Waals surface area (Å²) in [7, 11) is 0. The van der Waals surface area contributed by atoms with E-state index >= 15 is 0 Å². The van der Waals surface area contributed by atoms with E-state index in [0.29, 0.717) is 18.9 Å². The fraction of sp³-hybridized carbons (Fsp3) is 0.800. The Morgan fingerprint density at radius 3 is 2.64 bits per heavy atom. The van der Waals surface area contributed by atoms with Crippen molar-refractivity contribution in [3.8, 4) is 0 Å². The summed E-state index contributed by atoms with van der Waals surface area (Å²) in [5, 5.41) is 8.99. The van der Waals surface area contributed by atoms with Crippen LogP contribution in [0.4, 0.5) is 0 Å². The summed E-state index contributed by atoms with van der Waals surface area (Å²) in [6, 6.07) is -0.620. The Labute approximate surface area is 83.9 Å². The van der Waals surface area contributed by atoms with Gasteiger partial charge in [-0.05, 0) is 11.8 Å². The molecule has 14 heavy (non-hydrogen) atoms. The van der Waals surface area contributed by atoms with Crippen LogP contribution in [0.15, 0.2) is 0 Å². The number of carboxylic acids is 1. The Morgan fingerprint density at radius 2 is 2.21 bits per heavy atom. The molecule has 4 nitrogen and oxygen atoms in total. The minimum Gasteiger partial charge on any atom is -0.480 e. The number of rotatable bonds is 3. The Balaban J connectivity index is 2.78. The van der Waals surface area contributed by atoms with Gasteiger partial charge in [0.25, 0.3) is 0 Å². The average Bonchev–Trinajstić information content (AvgIpc) is 2.25. The lowest BCUT2D eigenvalue weighted by Crippen LogP contribution is -2.42. The van der Waals surface area contributed by atoms with E-state index < -0.39 is 12.0 Å². The average molecular weight is 199 g/mol. The van der Waals surface area contributed by atoms with E-state index in [2.05, 4.69) is 0 Å². The van der Waals surface area contributed by atoms with E-state index in [0.717, 1.165) is 0 Å². The molecule has 0 aromatic rings. The smallest absolute Gasteiger partial charge is 0.326 e. The molecule has 0 aromatic carbocycles. The zero-order valence-electron chi connectivity index (χ0n) is 8.86. The number of amides is 1. The molecular formula is C10H17NO3. The van der Waals surface area contributed by atoms with Gasteiger partial charge >= 0.3 is 5.97 Å². The number of carbonyl (C=O) groups is 2. The summed E-state index contributed by atoms with van der Waals surface area (Å²) in [5.41, 5.74) is 0. The Kier molecular flexibility index (Phi) is 3.13. The summed E-state index contributed by atoms with van der Waals surface area (Å²) < 4.78 is 0. The van der Waals surface area contributed by atoms with Crippen LogP contribution < -0.4 is 0 Å². The Morgan fingerprint density at radius 1 is 1.64 bits per heavy atom. The molecule has 0 bridgehead atoms. The van der Waals surface area contributed by atoms with Gasteiger partial charge in [0.2, 0.25) is 5.91 Å². The van der Waals surface area contributed by atoms with Crippen molar-refractivity contribution >= 4 is 11.9 Å². The van der Waals surface area contributed by atoms with Gasteiger partial charge in [-0.2, -0.15) is 0 Å². The maximum absolute atomic E-state index is 11.5. The van der Waals surface area contributed by atoms with Crippen LogP contribution in [0.3, 0.4) is 0 Å². The number of carboxylic acid groups (broad SMARTS) is 1. The normalized spacial score (nSPS) is 27.4. The molecule has 1 aliphatic rings. The van der Waals surface area contributed by atoms with Crippen LogP contribution in [-0.4, -0.2) is 34.5 Å². The molecule has 1 amide bonds. The first kappa shape index (κ1) is 11.0. The van der Waals surface area contributed by atoms with Gasteiger partial charge in [-0.3, -0.25) is 4.79 Å². The van der Waals surface area contributed by atoms with E-state index in [-0.39, 0.29) is 11.8 Å². The monoisotopic (exact) mass is 199 g/mol. The highest BCUT2D eigenvalue weighted by Gasteiger charge is 2.41. The third-order valence-electron chi connectivity index (χ3n) is 2.51. The van der Waals surface area contributed by atoms with Gasteiger partial charge in [0, 0.05) is 13.0 Å². The van der Waals surface area contributed by atoms with Crippen molar-refractivity contribution in [2.75, 3.05) is 6.54 Å². The van der Waals surface area contributed by atoms with Gasteiger partial charge in [0.1, 0.15) is 6.04 Å². The molecule has 4 heteroatoms. The molecule has 1 rings (SSSR count). The van der Waals surface area contributed by atoms with Crippen LogP contribution in [0, 0.1) is 11.8 Å². The molecule has 0 saturated carbocycles. The second-order valence-electron chi connectivity index (χ2n) is 4.40. The van der Waals surface area contributed by atoms with Crippen LogP contribution >= 0.6 is 0 Å². The van der Waals surface area contributed by atoms with Crippen LogP contribution in [0.25, 0.3) is 0 Å². The van der Waals surface area contributed by atoms with Crippen LogP contribution in [0.5, 0.6) is 0 Å². The molecule has 0 radical (unpaired) electrons. The highest BCUT2D eigenvalue weighted by Crippen LogP contribution is 2.26. The second kappa shape index (κ2) is 3.98. The zero-order valence-corrected chi connectivity index (χ0v) is 8.86. The first-order chi connectivity index (χ1) is 6.43. The lowest BCUT2D eigenvalue weighted by molar-refractivity contribution is -0.147. The van der Waals surface area contributed by atoms with Gasteiger partial charge in [0.15, 0.2) is 0 Å². The minimum absolute atomic E-state index is 0.0291. The molecule has 0 aliphatic carbocycles. The maximum Gasteiger partial charge on any atom is 0.326 e. The number of aliphatic carboxylic acids is 1. The van der Waals surface area contributed by atoms with E-state index in [9.17, 15) is 9.59 Å². The van der Waals surface area contributed by atoms with E-state index in [1.165, 1.54) is 4.90 Å². The fourth-order valence-corrected chi connectivity index (χ4v) is 1.95. The second-order valence-corrected chi connectivity index (χ2v) is 4.40. The third-order valence-corrected chi connectivity index (χ3v) is 2.51. The first-order valence-corrected chi connectivity index (χ1v) is 4.95. The summed E-state index contributed by atoms with van der Waals surface area (Å²) in [6.07, 6.45) is 0.365. The molecule has 0 aromatic heterocycles. The van der Waals surface area contributed by atoms with Crippen LogP contribution in [0.1, 0.15) is 27.2 Å². The number of carbonyl (C=O) groups excluding carboxylic acids is 1. The maximum atomic E-state index is 11.5. The van der Waals surface area contributed by atoms with Crippen molar-refractivity contribution in [2.24, 2.45) is 11.8 Å². The van der Waals surface area contributed by atoms with Gasteiger partial charge in [-0.1, -0.05) is 20.8 Å². The lowest BCUT2D eigenvalue weighted by Gasteiger charge is -2.25. The molecule has 1 fully saturated rings. The van der Waals surface area contributed by atoms with E-state index in [1.54, 1.807) is 0 Å². The predicted octanol–water partition coefficient (Wildman–Crippen LogP) is 0.964. The highest BCUT2D eigenvalue weighted by molar-refractivity contribution is 5.88. The number of hydrogen-bond acceptors (Lipinski definition) is 2. The first-order valence-electron chi connectivity index (χ1n) is 4.95. The molecule has 0 spiro atoms. The molecule has 1 heterocycles. The summed E-state index contributed by atoms with van der Waals surface area (Å²) >= 11 is 0. The number of nitrogens with zero attached hydrogens (tertiary/aromatic N) is 1. The topological polar surface area (TPSA) is 57.6 Å². The summed E-state index contributed by atoms with van der Waals surface area (Å²) in [4.78, 5) is 24.0. The molecule has 1 aliphatic heterocycles. The molecule has 80 valence electrons. The van der Waals surface area contributed by atoms with E-state index in [1.807, 2.05) is 20.8 Å². The van der Waals surface area contributed by atoms with Crippen molar-refractivity contribution in [1.82, 2.24) is 4.90 Å². The summed E-state index contributed by atoms with van der Waals surface area (Å²) in [5.74, 6) is -0.674.